The lowest BCUT2D eigenvalue weighted by atomic mass is 9.50. The van der Waals surface area contributed by atoms with E-state index in [1.165, 1.54) is 29.7 Å². The van der Waals surface area contributed by atoms with Gasteiger partial charge in [0, 0.05) is 30.2 Å². The van der Waals surface area contributed by atoms with Crippen LogP contribution >= 0.6 is 0 Å². The average Bonchev–Trinajstić information content (AvgIpc) is 3.25. The van der Waals surface area contributed by atoms with Crippen LogP contribution in [0.15, 0.2) is 48.0 Å². The Labute approximate surface area is 234 Å². The molecule has 4 unspecified atom stereocenters. The Morgan fingerprint density at radius 3 is 2.70 bits per heavy atom. The van der Waals surface area contributed by atoms with E-state index in [9.17, 15) is 19.5 Å². The highest BCUT2D eigenvalue weighted by molar-refractivity contribution is 6.18. The number of phenolic OH excluding ortho intramolecular Hbond substituents is 1. The molecule has 8 atom stereocenters. The molecule has 2 fully saturated rings. The second-order valence-electron chi connectivity index (χ2n) is 12.9. The van der Waals surface area contributed by atoms with E-state index in [-0.39, 0.29) is 46.7 Å². The van der Waals surface area contributed by atoms with Crippen LogP contribution in [0.25, 0.3) is 0 Å². The summed E-state index contributed by atoms with van der Waals surface area (Å²) in [5.74, 6) is -0.0327. The number of aromatic hydroxyl groups is 1. The molecule has 0 aromatic heterocycles. The quantitative estimate of drug-likeness (QED) is 0.384. The van der Waals surface area contributed by atoms with E-state index in [2.05, 4.69) is 31.2 Å². The molecule has 0 amide bonds. The minimum Gasteiger partial charge on any atom is -0.507 e. The molecular weight excluding hydrogens is 504 g/mol. The van der Waals surface area contributed by atoms with Gasteiger partial charge in [-0.1, -0.05) is 36.8 Å². The van der Waals surface area contributed by atoms with Crippen LogP contribution in [-0.2, 0) is 16.0 Å². The molecule has 208 valence electrons. The summed E-state index contributed by atoms with van der Waals surface area (Å²) < 4.78 is 11.0. The van der Waals surface area contributed by atoms with E-state index in [0.717, 1.165) is 37.9 Å². The summed E-state index contributed by atoms with van der Waals surface area (Å²) in [5, 5.41) is 10.7. The molecule has 0 heterocycles. The third-order valence-electron chi connectivity index (χ3n) is 11.2. The summed E-state index contributed by atoms with van der Waals surface area (Å²) in [6, 6.07) is 11.3. The predicted molar refractivity (Wildman–Crippen MR) is 148 cm³/mol. The number of ether oxygens (including phenoxy) is 2. The number of ketones is 2. The zero-order valence-corrected chi connectivity index (χ0v) is 23.3. The molecule has 6 heteroatoms. The molecule has 2 aromatic carbocycles. The van der Waals surface area contributed by atoms with Crippen molar-refractivity contribution in [1.82, 2.24) is 0 Å². The van der Waals surface area contributed by atoms with Crippen molar-refractivity contribution < 1.29 is 29.0 Å². The lowest BCUT2D eigenvalue weighted by Gasteiger charge is -2.53. The molecule has 40 heavy (non-hydrogen) atoms. The molecule has 5 aliphatic rings. The minimum absolute atomic E-state index is 0.0569. The fourth-order valence-corrected chi connectivity index (χ4v) is 9.66. The monoisotopic (exact) mass is 540 g/mol. The van der Waals surface area contributed by atoms with Gasteiger partial charge in [-0.05, 0) is 90.5 Å². The highest BCUT2D eigenvalue weighted by Gasteiger charge is 2.64. The van der Waals surface area contributed by atoms with Crippen LogP contribution in [0.1, 0.15) is 77.3 Å². The van der Waals surface area contributed by atoms with Crippen molar-refractivity contribution in [3.05, 3.63) is 70.3 Å². The first-order chi connectivity index (χ1) is 19.2. The van der Waals surface area contributed by atoms with Gasteiger partial charge in [-0.3, -0.25) is 14.4 Å². The summed E-state index contributed by atoms with van der Waals surface area (Å²) in [6.45, 7) is 3.81. The van der Waals surface area contributed by atoms with Gasteiger partial charge in [-0.15, -0.1) is 0 Å². The number of rotatable bonds is 3. The fraction of sp³-hybridized carbons (Fsp3) is 0.500. The van der Waals surface area contributed by atoms with Crippen molar-refractivity contribution in [2.24, 2.45) is 40.9 Å². The number of allylic oxidation sites excluding steroid dienone is 1. The van der Waals surface area contributed by atoms with Gasteiger partial charge in [0.2, 0.25) is 0 Å². The molecule has 5 aliphatic carbocycles. The summed E-state index contributed by atoms with van der Waals surface area (Å²) in [6.07, 6.45) is 7.26. The maximum atomic E-state index is 14.3. The zero-order valence-electron chi connectivity index (χ0n) is 23.3. The first-order valence-corrected chi connectivity index (χ1v) is 14.6. The minimum atomic E-state index is -0.595. The molecule has 2 saturated carbocycles. The number of fused-ring (bicyclic) bond motifs is 10. The number of carbonyl (C=O) groups is 3. The highest BCUT2D eigenvalue weighted by Crippen LogP contribution is 2.68. The van der Waals surface area contributed by atoms with Crippen molar-refractivity contribution in [3.63, 3.8) is 0 Å². The smallest absolute Gasteiger partial charge is 0.302 e. The second kappa shape index (κ2) is 9.05. The third kappa shape index (κ3) is 3.50. The molecular formula is C34H36O6. The normalized spacial score (nSPS) is 35.3. The molecule has 0 aliphatic heterocycles. The largest absolute Gasteiger partial charge is 0.507 e. The lowest BCUT2D eigenvalue weighted by molar-refractivity contribution is -0.142. The number of esters is 1. The van der Waals surface area contributed by atoms with Gasteiger partial charge in [-0.25, -0.2) is 0 Å². The van der Waals surface area contributed by atoms with E-state index in [1.54, 1.807) is 19.2 Å². The fourth-order valence-electron chi connectivity index (χ4n) is 9.66. The average molecular weight is 541 g/mol. The van der Waals surface area contributed by atoms with Crippen molar-refractivity contribution in [2.45, 2.75) is 51.9 Å². The van der Waals surface area contributed by atoms with E-state index in [0.29, 0.717) is 23.3 Å². The number of aryl methyl sites for hydroxylation is 1. The summed E-state index contributed by atoms with van der Waals surface area (Å²) >= 11 is 0. The van der Waals surface area contributed by atoms with Crippen molar-refractivity contribution >= 4 is 17.5 Å². The Morgan fingerprint density at radius 2 is 1.93 bits per heavy atom. The van der Waals surface area contributed by atoms with Crippen LogP contribution < -0.4 is 4.74 Å². The van der Waals surface area contributed by atoms with Crippen LogP contribution in [0.3, 0.4) is 0 Å². The van der Waals surface area contributed by atoms with Gasteiger partial charge < -0.3 is 14.6 Å². The van der Waals surface area contributed by atoms with Crippen LogP contribution in [0.5, 0.6) is 11.5 Å². The van der Waals surface area contributed by atoms with Crippen molar-refractivity contribution in [1.29, 1.82) is 0 Å². The number of benzene rings is 2. The van der Waals surface area contributed by atoms with Crippen LogP contribution in [-0.4, -0.2) is 36.4 Å². The number of hydrogen-bond acceptors (Lipinski definition) is 6. The third-order valence-corrected chi connectivity index (χ3v) is 11.2. The number of carbonyl (C=O) groups excluding carboxylic acids is 3. The van der Waals surface area contributed by atoms with Crippen LogP contribution in [0, 0.1) is 40.9 Å². The molecule has 1 N–H and O–H groups in total. The zero-order chi connectivity index (χ0) is 27.9. The van der Waals surface area contributed by atoms with Gasteiger partial charge in [0.15, 0.2) is 11.6 Å². The van der Waals surface area contributed by atoms with Crippen LogP contribution in [0.2, 0.25) is 0 Å². The SMILES string of the molecule is COc1ccc2c(c1)CC[C@@H]1[C@@H]2CC[C@]2(C)C3C(=CC(COC(C)=O)C4C(=O)c5cccc(O)c5C(=O)C43)C[C@@H]12. The number of hydrogen-bond donors (Lipinski definition) is 1. The Bertz CT molecular complexity index is 1470. The first-order valence-electron chi connectivity index (χ1n) is 14.6. The summed E-state index contributed by atoms with van der Waals surface area (Å²) in [4.78, 5) is 40.1. The molecule has 7 rings (SSSR count). The van der Waals surface area contributed by atoms with Gasteiger partial charge in [-0.2, -0.15) is 0 Å². The summed E-state index contributed by atoms with van der Waals surface area (Å²) in [5.41, 5.74) is 4.41. The van der Waals surface area contributed by atoms with E-state index in [1.807, 2.05) is 0 Å². The Kier molecular flexibility index (Phi) is 5.78. The molecule has 0 bridgehead atoms. The standard InChI is InChI=1S/C34H36O6/c1-17(35)40-16-20-13-19-15-26-24-9-7-18-14-21(39-3)8-10-22(18)23(24)11-12-34(26,2)31(19)30-28(20)32(37)25-5-4-6-27(36)29(25)33(30)38/h4-6,8,10,13-14,20,23-24,26,28,30-31,36H,7,9,11-12,15-16H2,1-3H3/t20?,23-,24-,26+,28?,30?,31?,34+/m1/s1. The predicted octanol–water partition coefficient (Wildman–Crippen LogP) is 5.91. The first kappa shape index (κ1) is 25.6. The van der Waals surface area contributed by atoms with Gasteiger partial charge in [0.1, 0.15) is 11.5 Å². The Morgan fingerprint density at radius 1 is 1.10 bits per heavy atom. The van der Waals surface area contributed by atoms with Gasteiger partial charge in [0.25, 0.3) is 0 Å². The Hall–Kier alpha value is -3.41. The van der Waals surface area contributed by atoms with E-state index < -0.39 is 17.8 Å². The topological polar surface area (TPSA) is 89.9 Å². The number of methoxy groups -OCH3 is 1. The molecule has 6 nitrogen and oxygen atoms in total. The van der Waals surface area contributed by atoms with Gasteiger partial charge in [0.05, 0.1) is 19.3 Å². The lowest BCUT2D eigenvalue weighted by Crippen LogP contribution is -2.52. The van der Waals surface area contributed by atoms with E-state index in [4.69, 9.17) is 9.47 Å². The molecule has 0 radical (unpaired) electrons. The Balaban J connectivity index is 1.31. The number of Topliss-reactive ketones (excluding diaryl/α,β-unsaturated/α-hetero) is 2. The maximum Gasteiger partial charge on any atom is 0.302 e. The van der Waals surface area contributed by atoms with E-state index >= 15 is 0 Å². The second-order valence-corrected chi connectivity index (χ2v) is 12.9. The van der Waals surface area contributed by atoms with Crippen molar-refractivity contribution in [2.75, 3.05) is 13.7 Å². The van der Waals surface area contributed by atoms with Crippen LogP contribution in [0.4, 0.5) is 0 Å². The number of phenols is 1. The molecule has 0 saturated heterocycles. The molecule has 0 spiro atoms. The molecule has 2 aromatic rings. The maximum absolute atomic E-state index is 14.3. The highest BCUT2D eigenvalue weighted by atomic mass is 16.5. The van der Waals surface area contributed by atoms with Crippen molar-refractivity contribution in [3.8, 4) is 11.5 Å². The summed E-state index contributed by atoms with van der Waals surface area (Å²) in [7, 11) is 1.71. The van der Waals surface area contributed by atoms with Gasteiger partial charge >= 0.3 is 5.97 Å².